The summed E-state index contributed by atoms with van der Waals surface area (Å²) in [6.45, 7) is -0.158. The smallest absolute Gasteiger partial charge is 0.299 e. The molecule has 0 spiro atoms. The Morgan fingerprint density at radius 1 is 1.19 bits per heavy atom. The van der Waals surface area contributed by atoms with Crippen LogP contribution in [0.5, 0.6) is 0 Å². The molecule has 9 nitrogen and oxygen atoms in total. The maximum atomic E-state index is 12.6. The Balaban J connectivity index is 1.85. The number of carbonyl (C=O) groups excluding carboxylic acids is 1. The highest BCUT2D eigenvalue weighted by Crippen LogP contribution is 2.23. The number of methoxy groups -OCH3 is 1. The lowest BCUT2D eigenvalue weighted by molar-refractivity contribution is -0.120. The molecule has 1 N–H and O–H groups in total. The van der Waals surface area contributed by atoms with E-state index in [4.69, 9.17) is 4.74 Å². The van der Waals surface area contributed by atoms with Gasteiger partial charge in [-0.05, 0) is 11.6 Å². The zero-order chi connectivity index (χ0) is 18.1. The van der Waals surface area contributed by atoms with Crippen molar-refractivity contribution in [1.29, 1.82) is 0 Å². The van der Waals surface area contributed by atoms with Crippen LogP contribution in [0.1, 0.15) is 0 Å². The fourth-order valence-electron chi connectivity index (χ4n) is 2.70. The van der Waals surface area contributed by atoms with Gasteiger partial charge in [-0.15, -0.1) is 10.2 Å². The summed E-state index contributed by atoms with van der Waals surface area (Å²) in [6.07, 6.45) is 3.13. The maximum Gasteiger partial charge on any atom is 0.299 e. The first-order chi connectivity index (χ1) is 12.7. The number of carbonyl (C=O) groups is 1. The van der Waals surface area contributed by atoms with Crippen LogP contribution < -0.4 is 11.0 Å². The van der Waals surface area contributed by atoms with Crippen molar-refractivity contribution in [1.82, 2.24) is 24.5 Å². The van der Waals surface area contributed by atoms with Gasteiger partial charge >= 0.3 is 0 Å². The van der Waals surface area contributed by atoms with Crippen molar-refractivity contribution in [2.24, 2.45) is 0 Å². The van der Waals surface area contributed by atoms with Crippen molar-refractivity contribution in [3.05, 3.63) is 59.1 Å². The summed E-state index contributed by atoms with van der Waals surface area (Å²) in [6, 6.07) is 11.3. The Kier molecular flexibility index (Phi) is 3.90. The molecule has 0 unspecified atom stereocenters. The summed E-state index contributed by atoms with van der Waals surface area (Å²) >= 11 is 0. The van der Waals surface area contributed by atoms with E-state index < -0.39 is 11.5 Å². The molecule has 9 heteroatoms. The molecule has 0 fully saturated rings. The first-order valence-electron chi connectivity index (χ1n) is 7.79. The number of hydrogen-bond donors (Lipinski definition) is 1. The summed E-state index contributed by atoms with van der Waals surface area (Å²) in [7, 11) is 1.40. The van der Waals surface area contributed by atoms with Crippen LogP contribution >= 0.6 is 0 Å². The third kappa shape index (κ3) is 2.60. The Morgan fingerprint density at radius 2 is 2.00 bits per heavy atom. The van der Waals surface area contributed by atoms with Crippen LogP contribution in [-0.2, 0) is 9.53 Å². The molecule has 0 saturated heterocycles. The van der Waals surface area contributed by atoms with Gasteiger partial charge in [-0.2, -0.15) is 5.10 Å². The monoisotopic (exact) mass is 350 g/mol. The van der Waals surface area contributed by atoms with Gasteiger partial charge in [0, 0.05) is 18.9 Å². The SMILES string of the molecule is COCC(=O)Nn1ccc2c(nnc3c(-c4ccccc4)cnn32)c1=O. The second-order valence-corrected chi connectivity index (χ2v) is 5.55. The van der Waals surface area contributed by atoms with Gasteiger partial charge < -0.3 is 4.74 Å². The van der Waals surface area contributed by atoms with Crippen molar-refractivity contribution in [2.45, 2.75) is 0 Å². The summed E-state index contributed by atoms with van der Waals surface area (Å²) in [5, 5.41) is 12.6. The fraction of sp³-hybridized carbons (Fsp3) is 0.118. The van der Waals surface area contributed by atoms with E-state index in [-0.39, 0.29) is 12.1 Å². The number of ether oxygens (including phenoxy) is 1. The molecule has 1 amide bonds. The number of hydrogen-bond acceptors (Lipinski definition) is 6. The molecular weight excluding hydrogens is 336 g/mol. The Morgan fingerprint density at radius 3 is 2.77 bits per heavy atom. The second-order valence-electron chi connectivity index (χ2n) is 5.55. The van der Waals surface area contributed by atoms with Gasteiger partial charge in [0.2, 0.25) is 0 Å². The average molecular weight is 350 g/mol. The minimum atomic E-state index is -0.502. The highest BCUT2D eigenvalue weighted by molar-refractivity contribution is 5.86. The molecule has 0 saturated carbocycles. The Bertz CT molecular complexity index is 1170. The zero-order valence-corrected chi connectivity index (χ0v) is 13.8. The normalized spacial score (nSPS) is 11.1. The fourth-order valence-corrected chi connectivity index (χ4v) is 2.70. The summed E-state index contributed by atoms with van der Waals surface area (Å²) in [5.74, 6) is -0.451. The summed E-state index contributed by atoms with van der Waals surface area (Å²) in [5.41, 5.74) is 4.84. The van der Waals surface area contributed by atoms with E-state index in [2.05, 4.69) is 20.7 Å². The van der Waals surface area contributed by atoms with Crippen LogP contribution in [0.25, 0.3) is 27.8 Å². The largest absolute Gasteiger partial charge is 0.375 e. The second kappa shape index (κ2) is 6.37. The molecule has 0 radical (unpaired) electrons. The molecule has 0 atom stereocenters. The molecule has 1 aromatic carbocycles. The van der Waals surface area contributed by atoms with Crippen LogP contribution in [0.3, 0.4) is 0 Å². The molecule has 0 aliphatic carbocycles. The van der Waals surface area contributed by atoms with E-state index in [1.807, 2.05) is 30.3 Å². The van der Waals surface area contributed by atoms with Crippen LogP contribution in [0.2, 0.25) is 0 Å². The molecular formula is C17H14N6O3. The summed E-state index contributed by atoms with van der Waals surface area (Å²) < 4.78 is 7.35. The summed E-state index contributed by atoms with van der Waals surface area (Å²) in [4.78, 5) is 24.2. The molecule has 3 heterocycles. The molecule has 26 heavy (non-hydrogen) atoms. The maximum absolute atomic E-state index is 12.6. The lowest BCUT2D eigenvalue weighted by Crippen LogP contribution is -2.35. The number of amides is 1. The standard InChI is InChI=1S/C17H14N6O3/c1-26-10-14(24)21-22-8-7-13-15(17(22)25)19-20-16-12(9-18-23(13)16)11-5-3-2-4-6-11/h2-9H,10H2,1H3,(H,21,24). The van der Waals surface area contributed by atoms with E-state index in [0.717, 1.165) is 15.8 Å². The zero-order valence-electron chi connectivity index (χ0n) is 13.8. The van der Waals surface area contributed by atoms with E-state index in [9.17, 15) is 9.59 Å². The van der Waals surface area contributed by atoms with Gasteiger partial charge in [0.1, 0.15) is 12.1 Å². The molecule has 4 aromatic rings. The van der Waals surface area contributed by atoms with Crippen molar-refractivity contribution in [3.8, 4) is 11.1 Å². The first-order valence-corrected chi connectivity index (χ1v) is 7.79. The molecule has 0 aliphatic heterocycles. The van der Waals surface area contributed by atoms with Crippen LogP contribution in [0.4, 0.5) is 0 Å². The van der Waals surface area contributed by atoms with Gasteiger partial charge in [-0.3, -0.25) is 15.0 Å². The number of fused-ring (bicyclic) bond motifs is 3. The predicted octanol–water partition coefficient (Wildman–Crippen LogP) is 0.823. The number of nitrogens with zero attached hydrogens (tertiary/aromatic N) is 5. The quantitative estimate of drug-likeness (QED) is 0.584. The van der Waals surface area contributed by atoms with Crippen LogP contribution in [-0.4, -0.2) is 44.1 Å². The van der Waals surface area contributed by atoms with Gasteiger partial charge in [0.15, 0.2) is 11.2 Å². The van der Waals surface area contributed by atoms with Gasteiger partial charge in [-0.25, -0.2) is 9.19 Å². The number of nitrogens with one attached hydrogen (secondary N) is 1. The highest BCUT2D eigenvalue weighted by Gasteiger charge is 2.14. The number of benzene rings is 1. The van der Waals surface area contributed by atoms with Gasteiger partial charge in [0.05, 0.1) is 6.20 Å². The van der Waals surface area contributed by atoms with E-state index in [0.29, 0.717) is 11.2 Å². The lowest BCUT2D eigenvalue weighted by Gasteiger charge is -2.08. The molecule has 0 aliphatic rings. The van der Waals surface area contributed by atoms with E-state index in [1.165, 1.54) is 13.3 Å². The van der Waals surface area contributed by atoms with Crippen molar-refractivity contribution >= 4 is 22.6 Å². The van der Waals surface area contributed by atoms with Gasteiger partial charge in [-0.1, -0.05) is 30.3 Å². The van der Waals surface area contributed by atoms with Crippen molar-refractivity contribution < 1.29 is 9.53 Å². The minimum absolute atomic E-state index is 0.0976. The molecule has 4 rings (SSSR count). The van der Waals surface area contributed by atoms with E-state index in [1.54, 1.807) is 16.8 Å². The Hall–Kier alpha value is -3.59. The average Bonchev–Trinajstić information content (AvgIpc) is 3.09. The molecule has 0 bridgehead atoms. The molecule has 130 valence electrons. The third-order valence-electron chi connectivity index (χ3n) is 3.87. The van der Waals surface area contributed by atoms with E-state index >= 15 is 0 Å². The van der Waals surface area contributed by atoms with Crippen molar-refractivity contribution in [2.75, 3.05) is 19.1 Å². The predicted molar refractivity (Wildman–Crippen MR) is 94.2 cm³/mol. The topological polar surface area (TPSA) is 103 Å². The molecule has 3 aromatic heterocycles. The van der Waals surface area contributed by atoms with Crippen LogP contribution in [0.15, 0.2) is 53.6 Å². The van der Waals surface area contributed by atoms with Gasteiger partial charge in [0.25, 0.3) is 11.5 Å². The lowest BCUT2D eigenvalue weighted by atomic mass is 10.1. The Labute approximate surface area is 146 Å². The van der Waals surface area contributed by atoms with Crippen LogP contribution in [0, 0.1) is 0 Å². The third-order valence-corrected chi connectivity index (χ3v) is 3.87. The minimum Gasteiger partial charge on any atom is -0.375 e. The first kappa shape index (κ1) is 15.9. The highest BCUT2D eigenvalue weighted by atomic mass is 16.5. The number of aromatic nitrogens is 5. The number of pyridine rings is 1. The number of rotatable bonds is 4. The van der Waals surface area contributed by atoms with Crippen molar-refractivity contribution in [3.63, 3.8) is 0 Å².